The van der Waals surface area contributed by atoms with E-state index in [-0.39, 0.29) is 12.4 Å². The van der Waals surface area contributed by atoms with Gasteiger partial charge in [-0.1, -0.05) is 0 Å². The van der Waals surface area contributed by atoms with Crippen LogP contribution in [-0.4, -0.2) is 49.4 Å². The van der Waals surface area contributed by atoms with Crippen LogP contribution < -0.4 is 5.32 Å². The molecule has 0 radical (unpaired) electrons. The van der Waals surface area contributed by atoms with Gasteiger partial charge in [0.05, 0.1) is 7.11 Å². The van der Waals surface area contributed by atoms with Gasteiger partial charge in [0.1, 0.15) is 12.4 Å². The molecule has 0 bridgehead atoms. The van der Waals surface area contributed by atoms with Crippen LogP contribution in [0.1, 0.15) is 0 Å². The van der Waals surface area contributed by atoms with Crippen LogP contribution >= 0.6 is 11.6 Å². The van der Waals surface area contributed by atoms with Crippen LogP contribution in [0.4, 0.5) is 4.79 Å². The number of rotatable bonds is 3. The van der Waals surface area contributed by atoms with Crippen molar-refractivity contribution in [3.63, 3.8) is 0 Å². The van der Waals surface area contributed by atoms with E-state index in [2.05, 4.69) is 4.74 Å². The monoisotopic (exact) mass is 222 g/mol. The van der Waals surface area contributed by atoms with Crippen molar-refractivity contribution in [1.82, 2.24) is 10.2 Å². The first kappa shape index (κ1) is 12.7. The van der Waals surface area contributed by atoms with Crippen LogP contribution in [-0.2, 0) is 14.3 Å². The molecular formula is C7H11ClN2O4. The number of nitrogens with zero attached hydrogens (tertiary/aromatic N) is 1. The van der Waals surface area contributed by atoms with E-state index in [0.717, 1.165) is 4.90 Å². The Labute approximate surface area is 86.1 Å². The zero-order valence-corrected chi connectivity index (χ0v) is 8.63. The predicted molar refractivity (Wildman–Crippen MR) is 48.9 cm³/mol. The summed E-state index contributed by atoms with van der Waals surface area (Å²) in [6, 6.07) is -0.693. The van der Waals surface area contributed by atoms with Crippen LogP contribution in [0.3, 0.4) is 0 Å². The number of carbonyl (C=O) groups is 3. The molecule has 0 unspecified atom stereocenters. The van der Waals surface area contributed by atoms with Gasteiger partial charge in [0.15, 0.2) is 0 Å². The minimum absolute atomic E-state index is 0.224. The van der Waals surface area contributed by atoms with Gasteiger partial charge in [-0.25, -0.2) is 4.79 Å². The van der Waals surface area contributed by atoms with Crippen LogP contribution in [0.2, 0.25) is 0 Å². The molecule has 0 aromatic carbocycles. The van der Waals surface area contributed by atoms with Crippen molar-refractivity contribution in [2.24, 2.45) is 0 Å². The molecule has 0 aromatic rings. The van der Waals surface area contributed by atoms with Gasteiger partial charge in [-0.3, -0.25) is 14.9 Å². The number of likely N-dealkylation sites (N-methyl/N-ethyl adjacent to an activating group) is 1. The molecule has 6 nitrogen and oxygen atoms in total. The van der Waals surface area contributed by atoms with Crippen molar-refractivity contribution in [2.45, 2.75) is 0 Å². The van der Waals surface area contributed by atoms with Crippen molar-refractivity contribution >= 4 is 29.5 Å². The van der Waals surface area contributed by atoms with Crippen molar-refractivity contribution in [1.29, 1.82) is 0 Å². The summed E-state index contributed by atoms with van der Waals surface area (Å²) in [4.78, 5) is 33.5. The molecule has 0 aliphatic carbocycles. The number of hydrogen-bond donors (Lipinski definition) is 1. The van der Waals surface area contributed by atoms with E-state index in [1.165, 1.54) is 14.2 Å². The molecule has 0 saturated heterocycles. The molecule has 7 heteroatoms. The molecule has 0 saturated carbocycles. The molecule has 0 aromatic heterocycles. The van der Waals surface area contributed by atoms with E-state index < -0.39 is 17.9 Å². The predicted octanol–water partition coefficient (Wildman–Crippen LogP) is -0.434. The molecule has 0 aliphatic heterocycles. The first-order chi connectivity index (χ1) is 6.51. The van der Waals surface area contributed by atoms with Crippen molar-refractivity contribution in [3.8, 4) is 0 Å². The number of methoxy groups -OCH3 is 1. The first-order valence-electron chi connectivity index (χ1n) is 3.69. The molecule has 0 heterocycles. The molecule has 14 heavy (non-hydrogen) atoms. The maximum Gasteiger partial charge on any atom is 0.325 e. The molecular weight excluding hydrogens is 212 g/mol. The lowest BCUT2D eigenvalue weighted by molar-refractivity contribution is -0.141. The third kappa shape index (κ3) is 4.66. The second kappa shape index (κ2) is 6.20. The highest BCUT2D eigenvalue weighted by atomic mass is 35.5. The molecule has 0 rings (SSSR count). The lowest BCUT2D eigenvalue weighted by Crippen LogP contribution is -2.43. The number of urea groups is 1. The first-order valence-corrected chi connectivity index (χ1v) is 4.22. The molecule has 1 N–H and O–H groups in total. The number of imide groups is 1. The highest BCUT2D eigenvalue weighted by Crippen LogP contribution is 1.86. The number of ether oxygens (including phenoxy) is 1. The van der Waals surface area contributed by atoms with Gasteiger partial charge < -0.3 is 9.64 Å². The Morgan fingerprint density at radius 3 is 2.43 bits per heavy atom. The van der Waals surface area contributed by atoms with Crippen LogP contribution in [0.25, 0.3) is 0 Å². The SMILES string of the molecule is COC(=O)CN(C)C(=O)NC(=O)CCl. The molecule has 0 fully saturated rings. The lowest BCUT2D eigenvalue weighted by atomic mass is 10.5. The zero-order valence-electron chi connectivity index (χ0n) is 7.87. The van der Waals surface area contributed by atoms with E-state index in [1.807, 2.05) is 5.32 Å². The fourth-order valence-corrected chi connectivity index (χ4v) is 0.645. The average molecular weight is 223 g/mol. The second-order valence-electron chi connectivity index (χ2n) is 2.42. The number of amides is 3. The van der Waals surface area contributed by atoms with E-state index >= 15 is 0 Å². The summed E-state index contributed by atoms with van der Waals surface area (Å²) in [6.45, 7) is -0.224. The van der Waals surface area contributed by atoms with Gasteiger partial charge in [-0.2, -0.15) is 0 Å². The number of alkyl halides is 1. The fraction of sp³-hybridized carbons (Fsp3) is 0.571. The number of carbonyl (C=O) groups excluding carboxylic acids is 3. The normalized spacial score (nSPS) is 9.07. The average Bonchev–Trinajstić information content (AvgIpc) is 2.17. The Morgan fingerprint density at radius 1 is 1.43 bits per heavy atom. The Hall–Kier alpha value is -1.30. The quantitative estimate of drug-likeness (QED) is 0.519. The molecule has 3 amide bonds. The molecule has 80 valence electrons. The Bertz CT molecular complexity index is 244. The summed E-state index contributed by atoms with van der Waals surface area (Å²) < 4.78 is 4.33. The molecule has 0 spiro atoms. The standard InChI is InChI=1S/C7H11ClN2O4/c1-10(4-6(12)14-2)7(13)9-5(11)3-8/h3-4H2,1-2H3,(H,9,11,13). The summed E-state index contributed by atoms with van der Waals surface area (Å²) in [5.74, 6) is -1.49. The van der Waals surface area contributed by atoms with Crippen molar-refractivity contribution in [2.75, 3.05) is 26.6 Å². The highest BCUT2D eigenvalue weighted by molar-refractivity contribution is 6.28. The van der Waals surface area contributed by atoms with Gasteiger partial charge in [0.2, 0.25) is 5.91 Å². The number of hydrogen-bond acceptors (Lipinski definition) is 4. The molecule has 0 aliphatic rings. The molecule has 0 atom stereocenters. The van der Waals surface area contributed by atoms with Gasteiger partial charge >= 0.3 is 12.0 Å². The maximum absolute atomic E-state index is 11.1. The van der Waals surface area contributed by atoms with E-state index in [0.29, 0.717) is 0 Å². The summed E-state index contributed by atoms with van der Waals surface area (Å²) in [7, 11) is 2.56. The Morgan fingerprint density at radius 2 is 2.00 bits per heavy atom. The van der Waals surface area contributed by atoms with E-state index in [1.54, 1.807) is 0 Å². The van der Waals surface area contributed by atoms with Crippen LogP contribution in [0, 0.1) is 0 Å². The summed E-state index contributed by atoms with van der Waals surface area (Å²) in [5, 5.41) is 1.97. The Kier molecular flexibility index (Phi) is 5.62. The minimum atomic E-state index is -0.693. The van der Waals surface area contributed by atoms with Crippen molar-refractivity contribution < 1.29 is 19.1 Å². The van der Waals surface area contributed by atoms with Gasteiger partial charge in [0.25, 0.3) is 0 Å². The summed E-state index contributed by atoms with van der Waals surface area (Å²) >= 11 is 5.16. The summed E-state index contributed by atoms with van der Waals surface area (Å²) in [6.07, 6.45) is 0. The van der Waals surface area contributed by atoms with Crippen LogP contribution in [0.15, 0.2) is 0 Å². The fourth-order valence-electron chi connectivity index (χ4n) is 0.578. The number of esters is 1. The van der Waals surface area contributed by atoms with Gasteiger partial charge in [-0.15, -0.1) is 11.6 Å². The van der Waals surface area contributed by atoms with Gasteiger partial charge in [0, 0.05) is 7.05 Å². The van der Waals surface area contributed by atoms with E-state index in [9.17, 15) is 14.4 Å². The largest absolute Gasteiger partial charge is 0.468 e. The third-order valence-electron chi connectivity index (χ3n) is 1.31. The van der Waals surface area contributed by atoms with Crippen LogP contribution in [0.5, 0.6) is 0 Å². The smallest absolute Gasteiger partial charge is 0.325 e. The number of halogens is 1. The van der Waals surface area contributed by atoms with Gasteiger partial charge in [-0.05, 0) is 0 Å². The second-order valence-corrected chi connectivity index (χ2v) is 2.69. The summed E-state index contributed by atoms with van der Waals surface area (Å²) in [5.41, 5.74) is 0. The van der Waals surface area contributed by atoms with E-state index in [4.69, 9.17) is 11.6 Å². The topological polar surface area (TPSA) is 75.7 Å². The zero-order chi connectivity index (χ0) is 11.1. The third-order valence-corrected chi connectivity index (χ3v) is 1.55. The highest BCUT2D eigenvalue weighted by Gasteiger charge is 2.14. The Balaban J connectivity index is 3.99. The number of nitrogens with one attached hydrogen (secondary N) is 1. The van der Waals surface area contributed by atoms with Crippen molar-refractivity contribution in [3.05, 3.63) is 0 Å². The lowest BCUT2D eigenvalue weighted by Gasteiger charge is -2.14. The minimum Gasteiger partial charge on any atom is -0.468 e. The maximum atomic E-state index is 11.1.